The summed E-state index contributed by atoms with van der Waals surface area (Å²) in [4.78, 5) is 0. The molecule has 1 atom stereocenters. The summed E-state index contributed by atoms with van der Waals surface area (Å²) in [6.07, 6.45) is 1.71. The van der Waals surface area contributed by atoms with Gasteiger partial charge < -0.3 is 14.6 Å². The molecule has 1 rings (SSSR count). The third-order valence-electron chi connectivity index (χ3n) is 3.05. The monoisotopic (exact) mass is 281 g/mol. The van der Waals surface area contributed by atoms with Gasteiger partial charge in [0, 0.05) is 26.8 Å². The van der Waals surface area contributed by atoms with Gasteiger partial charge in [-0.15, -0.1) is 0 Å². The summed E-state index contributed by atoms with van der Waals surface area (Å²) in [6, 6.07) is 0. The minimum atomic E-state index is -3.26. The molecule has 108 valence electrons. The molecule has 1 fully saturated rings. The number of nitrogens with zero attached hydrogens (tertiary/aromatic N) is 1. The van der Waals surface area contributed by atoms with Gasteiger partial charge in [0.2, 0.25) is 10.0 Å². The van der Waals surface area contributed by atoms with E-state index in [2.05, 4.69) is 0 Å². The SMILES string of the molecule is COCCOCCS(=O)(=O)N1CCCC(CO)C1. The van der Waals surface area contributed by atoms with Gasteiger partial charge in [0.05, 0.1) is 25.6 Å². The number of aliphatic hydroxyl groups is 1. The van der Waals surface area contributed by atoms with Gasteiger partial charge >= 0.3 is 0 Å². The maximum Gasteiger partial charge on any atom is 0.216 e. The topological polar surface area (TPSA) is 76.1 Å². The van der Waals surface area contributed by atoms with Crippen LogP contribution in [0.15, 0.2) is 0 Å². The van der Waals surface area contributed by atoms with Crippen LogP contribution in [0.3, 0.4) is 0 Å². The minimum Gasteiger partial charge on any atom is -0.396 e. The van der Waals surface area contributed by atoms with Crippen LogP contribution in [0, 0.1) is 5.92 Å². The molecule has 0 aromatic heterocycles. The molecular weight excluding hydrogens is 258 g/mol. The van der Waals surface area contributed by atoms with Crippen molar-refractivity contribution in [2.45, 2.75) is 12.8 Å². The second-order valence-corrected chi connectivity index (χ2v) is 6.56. The van der Waals surface area contributed by atoms with Crippen LogP contribution in [0.5, 0.6) is 0 Å². The molecule has 0 spiro atoms. The fraction of sp³-hybridized carbons (Fsp3) is 1.00. The number of piperidine rings is 1. The molecule has 0 saturated carbocycles. The van der Waals surface area contributed by atoms with Gasteiger partial charge in [-0.25, -0.2) is 12.7 Å². The number of ether oxygens (including phenoxy) is 2. The average Bonchev–Trinajstić information content (AvgIpc) is 2.38. The molecular formula is C11H23NO5S. The standard InChI is InChI=1S/C11H23NO5S/c1-16-5-6-17-7-8-18(14,15)12-4-2-3-11(9-12)10-13/h11,13H,2-10H2,1H3. The van der Waals surface area contributed by atoms with Crippen molar-refractivity contribution >= 4 is 10.0 Å². The van der Waals surface area contributed by atoms with Crippen molar-refractivity contribution in [1.29, 1.82) is 0 Å². The van der Waals surface area contributed by atoms with Crippen LogP contribution in [0.2, 0.25) is 0 Å². The minimum absolute atomic E-state index is 0.00510. The average molecular weight is 281 g/mol. The third-order valence-corrected chi connectivity index (χ3v) is 4.85. The lowest BCUT2D eigenvalue weighted by molar-refractivity contribution is 0.0779. The Balaban J connectivity index is 2.33. The van der Waals surface area contributed by atoms with Crippen LogP contribution in [0.4, 0.5) is 0 Å². The third kappa shape index (κ3) is 5.19. The zero-order valence-corrected chi connectivity index (χ0v) is 11.7. The Kier molecular flexibility index (Phi) is 7.10. The summed E-state index contributed by atoms with van der Waals surface area (Å²) < 4.78 is 35.5. The lowest BCUT2D eigenvalue weighted by Crippen LogP contribution is -2.42. The first kappa shape index (κ1) is 15.8. The molecule has 1 unspecified atom stereocenters. The van der Waals surface area contributed by atoms with Crippen LogP contribution in [0.1, 0.15) is 12.8 Å². The van der Waals surface area contributed by atoms with Crippen molar-refractivity contribution in [1.82, 2.24) is 4.31 Å². The van der Waals surface area contributed by atoms with Gasteiger partial charge in [0.1, 0.15) is 0 Å². The van der Waals surface area contributed by atoms with E-state index in [0.29, 0.717) is 26.3 Å². The van der Waals surface area contributed by atoms with Gasteiger partial charge in [-0.3, -0.25) is 0 Å². The zero-order valence-electron chi connectivity index (χ0n) is 10.9. The van der Waals surface area contributed by atoms with Crippen LogP contribution < -0.4 is 0 Å². The highest BCUT2D eigenvalue weighted by Crippen LogP contribution is 2.18. The maximum absolute atomic E-state index is 12.0. The Morgan fingerprint density at radius 1 is 1.33 bits per heavy atom. The Bertz CT molecular complexity index is 319. The summed E-state index contributed by atoms with van der Waals surface area (Å²) in [6.45, 7) is 2.10. The highest BCUT2D eigenvalue weighted by atomic mass is 32.2. The summed E-state index contributed by atoms with van der Waals surface area (Å²) in [5, 5.41) is 9.09. The van der Waals surface area contributed by atoms with E-state index in [9.17, 15) is 8.42 Å². The molecule has 0 amide bonds. The van der Waals surface area contributed by atoms with Crippen molar-refractivity contribution in [3.05, 3.63) is 0 Å². The molecule has 0 aliphatic carbocycles. The van der Waals surface area contributed by atoms with E-state index in [0.717, 1.165) is 12.8 Å². The molecule has 0 bridgehead atoms. The van der Waals surface area contributed by atoms with E-state index in [4.69, 9.17) is 14.6 Å². The Hall–Kier alpha value is -0.210. The first-order valence-corrected chi connectivity index (χ1v) is 7.86. The number of hydrogen-bond donors (Lipinski definition) is 1. The molecule has 6 nitrogen and oxygen atoms in total. The largest absolute Gasteiger partial charge is 0.396 e. The molecule has 1 N–H and O–H groups in total. The first-order valence-electron chi connectivity index (χ1n) is 6.25. The van der Waals surface area contributed by atoms with E-state index in [1.54, 1.807) is 7.11 Å². The van der Waals surface area contributed by atoms with Crippen molar-refractivity contribution in [3.8, 4) is 0 Å². The zero-order chi connectivity index (χ0) is 13.4. The first-order chi connectivity index (χ1) is 8.60. The number of hydrogen-bond acceptors (Lipinski definition) is 5. The Labute approximate surface area is 109 Å². The van der Waals surface area contributed by atoms with E-state index >= 15 is 0 Å². The fourth-order valence-electron chi connectivity index (χ4n) is 1.97. The summed E-state index contributed by atoms with van der Waals surface area (Å²) in [5.74, 6) is 0.0671. The molecule has 1 aliphatic heterocycles. The molecule has 1 saturated heterocycles. The Morgan fingerprint density at radius 3 is 2.78 bits per heavy atom. The van der Waals surface area contributed by atoms with Crippen molar-refractivity contribution in [2.75, 3.05) is 52.4 Å². The quantitative estimate of drug-likeness (QED) is 0.617. The van der Waals surface area contributed by atoms with Gasteiger partial charge in [0.15, 0.2) is 0 Å². The van der Waals surface area contributed by atoms with E-state index in [-0.39, 0.29) is 24.9 Å². The predicted octanol–water partition coefficient (Wildman–Crippen LogP) is -0.316. The van der Waals surface area contributed by atoms with Gasteiger partial charge in [-0.1, -0.05) is 0 Å². The normalized spacial score (nSPS) is 22.2. The number of sulfonamides is 1. The maximum atomic E-state index is 12.0. The smallest absolute Gasteiger partial charge is 0.216 e. The Morgan fingerprint density at radius 2 is 2.11 bits per heavy atom. The fourth-order valence-corrected chi connectivity index (χ4v) is 3.40. The molecule has 18 heavy (non-hydrogen) atoms. The van der Waals surface area contributed by atoms with Crippen molar-refractivity contribution in [3.63, 3.8) is 0 Å². The van der Waals surface area contributed by atoms with E-state index in [1.807, 2.05) is 0 Å². The van der Waals surface area contributed by atoms with Crippen molar-refractivity contribution in [2.24, 2.45) is 5.92 Å². The predicted molar refractivity (Wildman–Crippen MR) is 67.9 cm³/mol. The van der Waals surface area contributed by atoms with Gasteiger partial charge in [0.25, 0.3) is 0 Å². The highest BCUT2D eigenvalue weighted by molar-refractivity contribution is 7.89. The van der Waals surface area contributed by atoms with Crippen LogP contribution in [-0.2, 0) is 19.5 Å². The van der Waals surface area contributed by atoms with E-state index < -0.39 is 10.0 Å². The van der Waals surface area contributed by atoms with Crippen LogP contribution in [0.25, 0.3) is 0 Å². The lowest BCUT2D eigenvalue weighted by atomic mass is 10.0. The molecule has 0 aromatic rings. The molecule has 1 aliphatic rings. The number of rotatable bonds is 8. The lowest BCUT2D eigenvalue weighted by Gasteiger charge is -2.30. The molecule has 0 aromatic carbocycles. The van der Waals surface area contributed by atoms with E-state index in [1.165, 1.54) is 4.31 Å². The van der Waals surface area contributed by atoms with Crippen LogP contribution >= 0.6 is 0 Å². The van der Waals surface area contributed by atoms with Gasteiger partial charge in [-0.05, 0) is 18.8 Å². The second kappa shape index (κ2) is 8.06. The van der Waals surface area contributed by atoms with Crippen molar-refractivity contribution < 1.29 is 23.0 Å². The number of aliphatic hydroxyl groups excluding tert-OH is 1. The molecule has 7 heteroatoms. The highest BCUT2D eigenvalue weighted by Gasteiger charge is 2.28. The molecule has 0 radical (unpaired) electrons. The summed E-state index contributed by atoms with van der Waals surface area (Å²) in [5.41, 5.74) is 0. The summed E-state index contributed by atoms with van der Waals surface area (Å²) >= 11 is 0. The second-order valence-electron chi connectivity index (χ2n) is 4.47. The number of methoxy groups -OCH3 is 1. The van der Waals surface area contributed by atoms with Crippen LogP contribution in [-0.4, -0.2) is 70.2 Å². The van der Waals surface area contributed by atoms with Gasteiger partial charge in [-0.2, -0.15) is 0 Å². The molecule has 1 heterocycles. The summed E-state index contributed by atoms with van der Waals surface area (Å²) in [7, 11) is -1.68.